The summed E-state index contributed by atoms with van der Waals surface area (Å²) in [4.78, 5) is 0. The van der Waals surface area contributed by atoms with E-state index in [2.05, 4.69) is 5.10 Å². The van der Waals surface area contributed by atoms with E-state index in [0.29, 0.717) is 28.6 Å². The van der Waals surface area contributed by atoms with Crippen LogP contribution in [-0.2, 0) is 6.54 Å². The zero-order valence-corrected chi connectivity index (χ0v) is 11.1. The van der Waals surface area contributed by atoms with Crippen molar-refractivity contribution < 1.29 is 14.6 Å². The number of aryl methyl sites for hydroxylation is 1. The molecule has 19 heavy (non-hydrogen) atoms. The van der Waals surface area contributed by atoms with E-state index < -0.39 is 6.10 Å². The van der Waals surface area contributed by atoms with Gasteiger partial charge in [0.05, 0.1) is 10.7 Å². The first-order valence-electron chi connectivity index (χ1n) is 5.99. The highest BCUT2D eigenvalue weighted by atomic mass is 35.5. The van der Waals surface area contributed by atoms with Crippen molar-refractivity contribution in [2.75, 3.05) is 6.79 Å². The van der Waals surface area contributed by atoms with E-state index in [0.717, 1.165) is 5.69 Å². The molecule has 3 rings (SSSR count). The number of nitrogens with zero attached hydrogens (tertiary/aromatic N) is 2. The van der Waals surface area contributed by atoms with Gasteiger partial charge >= 0.3 is 0 Å². The van der Waals surface area contributed by atoms with Crippen LogP contribution in [0.5, 0.6) is 11.5 Å². The monoisotopic (exact) mass is 280 g/mol. The molecule has 0 saturated heterocycles. The second kappa shape index (κ2) is 4.75. The van der Waals surface area contributed by atoms with Crippen LogP contribution in [0.4, 0.5) is 0 Å². The third-order valence-corrected chi connectivity index (χ3v) is 3.38. The van der Waals surface area contributed by atoms with Crippen LogP contribution in [0.3, 0.4) is 0 Å². The SMILES string of the molecule is CCn1nccc1C(O)c1cc(Cl)c2c(c1)OCO2. The quantitative estimate of drug-likeness (QED) is 0.938. The van der Waals surface area contributed by atoms with E-state index in [1.807, 2.05) is 6.92 Å². The number of aliphatic hydroxyl groups excluding tert-OH is 1. The minimum Gasteiger partial charge on any atom is -0.454 e. The van der Waals surface area contributed by atoms with Crippen molar-refractivity contribution in [2.45, 2.75) is 19.6 Å². The number of hydrogen-bond donors (Lipinski definition) is 1. The summed E-state index contributed by atoms with van der Waals surface area (Å²) >= 11 is 6.12. The number of ether oxygens (including phenoxy) is 2. The third kappa shape index (κ3) is 2.05. The van der Waals surface area contributed by atoms with E-state index in [1.54, 1.807) is 29.1 Å². The Morgan fingerprint density at radius 3 is 3.11 bits per heavy atom. The molecule has 0 radical (unpaired) electrons. The smallest absolute Gasteiger partial charge is 0.231 e. The predicted octanol–water partition coefficient (Wildman–Crippen LogP) is 2.37. The number of rotatable bonds is 3. The molecule has 0 aliphatic carbocycles. The van der Waals surface area contributed by atoms with Gasteiger partial charge in [-0.3, -0.25) is 4.68 Å². The predicted molar refractivity (Wildman–Crippen MR) is 69.5 cm³/mol. The summed E-state index contributed by atoms with van der Waals surface area (Å²) in [7, 11) is 0. The van der Waals surface area contributed by atoms with Crippen molar-refractivity contribution in [1.82, 2.24) is 9.78 Å². The number of hydrogen-bond acceptors (Lipinski definition) is 4. The summed E-state index contributed by atoms with van der Waals surface area (Å²) in [6, 6.07) is 5.21. The van der Waals surface area contributed by atoms with Crippen molar-refractivity contribution in [3.05, 3.63) is 40.7 Å². The minimum atomic E-state index is -0.797. The molecule has 2 aromatic rings. The number of aliphatic hydroxyl groups is 1. The first-order chi connectivity index (χ1) is 9.20. The van der Waals surface area contributed by atoms with Gasteiger partial charge in [-0.05, 0) is 30.7 Å². The summed E-state index contributed by atoms with van der Waals surface area (Å²) in [6.07, 6.45) is 0.867. The Hall–Kier alpha value is -1.72. The molecule has 1 N–H and O–H groups in total. The topological polar surface area (TPSA) is 56.5 Å². The highest BCUT2D eigenvalue weighted by molar-refractivity contribution is 6.32. The van der Waals surface area contributed by atoms with Crippen molar-refractivity contribution in [3.8, 4) is 11.5 Å². The number of benzene rings is 1. The second-order valence-corrected chi connectivity index (χ2v) is 4.62. The van der Waals surface area contributed by atoms with Crippen LogP contribution in [-0.4, -0.2) is 21.7 Å². The molecule has 1 aromatic carbocycles. The lowest BCUT2D eigenvalue weighted by Crippen LogP contribution is -2.09. The number of aromatic nitrogens is 2. The van der Waals surface area contributed by atoms with Crippen LogP contribution in [0.15, 0.2) is 24.4 Å². The molecule has 0 spiro atoms. The van der Waals surface area contributed by atoms with E-state index >= 15 is 0 Å². The van der Waals surface area contributed by atoms with Crippen LogP contribution >= 0.6 is 11.6 Å². The lowest BCUT2D eigenvalue weighted by molar-refractivity contribution is 0.173. The summed E-state index contributed by atoms with van der Waals surface area (Å²) in [5, 5.41) is 15.0. The molecule has 1 aromatic heterocycles. The van der Waals surface area contributed by atoms with Gasteiger partial charge in [-0.25, -0.2) is 0 Å². The van der Waals surface area contributed by atoms with Gasteiger partial charge in [0.25, 0.3) is 0 Å². The maximum atomic E-state index is 10.4. The fourth-order valence-corrected chi connectivity index (χ4v) is 2.43. The Bertz CT molecular complexity index is 612. The van der Waals surface area contributed by atoms with Gasteiger partial charge in [0.1, 0.15) is 6.10 Å². The van der Waals surface area contributed by atoms with E-state index in [1.165, 1.54) is 0 Å². The lowest BCUT2D eigenvalue weighted by Gasteiger charge is -2.14. The Kier molecular flexibility index (Phi) is 3.08. The summed E-state index contributed by atoms with van der Waals surface area (Å²) < 4.78 is 12.3. The molecule has 100 valence electrons. The Balaban J connectivity index is 2.01. The van der Waals surface area contributed by atoms with Crippen molar-refractivity contribution >= 4 is 11.6 Å². The second-order valence-electron chi connectivity index (χ2n) is 4.21. The van der Waals surface area contributed by atoms with Crippen molar-refractivity contribution in [2.24, 2.45) is 0 Å². The summed E-state index contributed by atoms with van der Waals surface area (Å²) in [6.45, 7) is 2.81. The molecule has 0 amide bonds. The van der Waals surface area contributed by atoms with Gasteiger partial charge in [-0.15, -0.1) is 0 Å². The first kappa shape index (κ1) is 12.3. The molecule has 5 nitrogen and oxygen atoms in total. The van der Waals surface area contributed by atoms with Gasteiger partial charge in [0, 0.05) is 12.7 Å². The Labute approximate surface area is 115 Å². The maximum Gasteiger partial charge on any atom is 0.231 e. The van der Waals surface area contributed by atoms with Crippen LogP contribution < -0.4 is 9.47 Å². The van der Waals surface area contributed by atoms with Gasteiger partial charge in [0.2, 0.25) is 6.79 Å². The van der Waals surface area contributed by atoms with Crippen LogP contribution in [0.1, 0.15) is 24.3 Å². The first-order valence-corrected chi connectivity index (χ1v) is 6.37. The molecular formula is C13H13ClN2O3. The molecule has 2 heterocycles. The van der Waals surface area contributed by atoms with Crippen LogP contribution in [0, 0.1) is 0 Å². The van der Waals surface area contributed by atoms with E-state index in [-0.39, 0.29) is 6.79 Å². The highest BCUT2D eigenvalue weighted by Gasteiger charge is 2.22. The molecule has 1 atom stereocenters. The van der Waals surface area contributed by atoms with Gasteiger partial charge < -0.3 is 14.6 Å². The zero-order valence-electron chi connectivity index (χ0n) is 10.3. The van der Waals surface area contributed by atoms with Crippen LogP contribution in [0.2, 0.25) is 5.02 Å². The van der Waals surface area contributed by atoms with Gasteiger partial charge in [-0.1, -0.05) is 11.6 Å². The molecular weight excluding hydrogens is 268 g/mol. The standard InChI is InChI=1S/C13H13ClN2O3/c1-2-16-10(3-4-15-16)12(17)8-5-9(14)13-11(6-8)18-7-19-13/h3-6,12,17H,2,7H2,1H3. The normalized spacial score (nSPS) is 14.7. The largest absolute Gasteiger partial charge is 0.454 e. The average molecular weight is 281 g/mol. The number of halogens is 1. The fourth-order valence-electron chi connectivity index (χ4n) is 2.16. The highest BCUT2D eigenvalue weighted by Crippen LogP contribution is 2.41. The summed E-state index contributed by atoms with van der Waals surface area (Å²) in [5.74, 6) is 1.09. The third-order valence-electron chi connectivity index (χ3n) is 3.09. The molecule has 0 fully saturated rings. The molecule has 1 aliphatic rings. The van der Waals surface area contributed by atoms with Crippen LogP contribution in [0.25, 0.3) is 0 Å². The van der Waals surface area contributed by atoms with E-state index in [9.17, 15) is 5.11 Å². The summed E-state index contributed by atoms with van der Waals surface area (Å²) in [5.41, 5.74) is 1.38. The Morgan fingerprint density at radius 1 is 1.47 bits per heavy atom. The van der Waals surface area contributed by atoms with Crippen molar-refractivity contribution in [1.29, 1.82) is 0 Å². The maximum absolute atomic E-state index is 10.4. The van der Waals surface area contributed by atoms with Gasteiger partial charge in [-0.2, -0.15) is 5.10 Å². The molecule has 6 heteroatoms. The average Bonchev–Trinajstić information content (AvgIpc) is 3.06. The molecule has 1 unspecified atom stereocenters. The van der Waals surface area contributed by atoms with Crippen molar-refractivity contribution in [3.63, 3.8) is 0 Å². The lowest BCUT2D eigenvalue weighted by atomic mass is 10.1. The molecule has 0 saturated carbocycles. The molecule has 1 aliphatic heterocycles. The fraction of sp³-hybridized carbons (Fsp3) is 0.308. The molecule has 0 bridgehead atoms. The number of fused-ring (bicyclic) bond motifs is 1. The Morgan fingerprint density at radius 2 is 2.32 bits per heavy atom. The zero-order chi connectivity index (χ0) is 13.4. The van der Waals surface area contributed by atoms with E-state index in [4.69, 9.17) is 21.1 Å². The minimum absolute atomic E-state index is 0.154. The van der Waals surface area contributed by atoms with Gasteiger partial charge in [0.15, 0.2) is 11.5 Å².